The summed E-state index contributed by atoms with van der Waals surface area (Å²) < 4.78 is 2.10. The van der Waals surface area contributed by atoms with Crippen molar-refractivity contribution in [1.29, 1.82) is 0 Å². The van der Waals surface area contributed by atoms with Gasteiger partial charge in [-0.25, -0.2) is 4.98 Å². The molecule has 0 aliphatic rings. The molecule has 0 atom stereocenters. The van der Waals surface area contributed by atoms with Gasteiger partial charge in [-0.1, -0.05) is 0 Å². The molecule has 0 unspecified atom stereocenters. The van der Waals surface area contributed by atoms with E-state index in [1.807, 2.05) is 31.7 Å². The fourth-order valence-corrected chi connectivity index (χ4v) is 2.62. The van der Waals surface area contributed by atoms with Gasteiger partial charge in [-0.3, -0.25) is 4.98 Å². The largest absolute Gasteiger partial charge is 0.349 e. The molecular formula is C15H12N4. The highest BCUT2D eigenvalue weighted by Gasteiger charge is 2.12. The van der Waals surface area contributed by atoms with E-state index in [1.165, 1.54) is 16.5 Å². The summed E-state index contributed by atoms with van der Waals surface area (Å²) >= 11 is 0. The van der Waals surface area contributed by atoms with E-state index in [0.29, 0.717) is 0 Å². The number of aromatic amines is 1. The Labute approximate surface area is 109 Å². The SMILES string of the molecule is Cn1cc(-c2c[nH]c3ncccc23)c2ccncc21. The average molecular weight is 248 g/mol. The van der Waals surface area contributed by atoms with Crippen LogP contribution in [0.25, 0.3) is 33.1 Å². The van der Waals surface area contributed by atoms with Crippen LogP contribution < -0.4 is 0 Å². The molecule has 0 amide bonds. The van der Waals surface area contributed by atoms with E-state index in [1.54, 1.807) is 6.20 Å². The Hall–Kier alpha value is -2.62. The molecule has 1 N–H and O–H groups in total. The third-order valence-corrected chi connectivity index (χ3v) is 3.53. The molecule has 0 aliphatic heterocycles. The van der Waals surface area contributed by atoms with Gasteiger partial charge in [0.15, 0.2) is 0 Å². The summed E-state index contributed by atoms with van der Waals surface area (Å²) in [6.07, 6.45) is 9.69. The molecule has 4 heterocycles. The number of hydrogen-bond donors (Lipinski definition) is 1. The third kappa shape index (κ3) is 1.40. The van der Waals surface area contributed by atoms with E-state index < -0.39 is 0 Å². The van der Waals surface area contributed by atoms with Gasteiger partial charge < -0.3 is 9.55 Å². The van der Waals surface area contributed by atoms with E-state index in [2.05, 4.69) is 37.8 Å². The zero-order valence-electron chi connectivity index (χ0n) is 10.5. The predicted molar refractivity (Wildman–Crippen MR) is 75.8 cm³/mol. The Morgan fingerprint density at radius 3 is 3.00 bits per heavy atom. The summed E-state index contributed by atoms with van der Waals surface area (Å²) in [7, 11) is 2.04. The van der Waals surface area contributed by atoms with Crippen molar-refractivity contribution in [3.8, 4) is 11.1 Å². The maximum Gasteiger partial charge on any atom is 0.137 e. The number of aromatic nitrogens is 4. The van der Waals surface area contributed by atoms with Gasteiger partial charge in [-0.05, 0) is 18.2 Å². The van der Waals surface area contributed by atoms with Gasteiger partial charge in [-0.15, -0.1) is 0 Å². The lowest BCUT2D eigenvalue weighted by Crippen LogP contribution is -1.83. The maximum atomic E-state index is 4.34. The van der Waals surface area contributed by atoms with Crippen LogP contribution in [0.5, 0.6) is 0 Å². The fraction of sp³-hybridized carbons (Fsp3) is 0.0667. The number of fused-ring (bicyclic) bond motifs is 2. The minimum Gasteiger partial charge on any atom is -0.349 e. The molecule has 4 heteroatoms. The molecule has 4 aromatic rings. The highest BCUT2D eigenvalue weighted by Crippen LogP contribution is 2.33. The maximum absolute atomic E-state index is 4.34. The van der Waals surface area contributed by atoms with Gasteiger partial charge in [0, 0.05) is 53.7 Å². The number of aryl methyl sites for hydroxylation is 1. The molecule has 0 spiro atoms. The molecule has 0 saturated heterocycles. The van der Waals surface area contributed by atoms with Crippen LogP contribution in [-0.2, 0) is 7.05 Å². The lowest BCUT2D eigenvalue weighted by molar-refractivity contribution is 0.966. The predicted octanol–water partition coefficient (Wildman–Crippen LogP) is 3.12. The Morgan fingerprint density at radius 1 is 1.11 bits per heavy atom. The molecule has 4 rings (SSSR count). The Morgan fingerprint density at radius 2 is 2.05 bits per heavy atom. The summed E-state index contributed by atoms with van der Waals surface area (Å²) in [5, 5.41) is 2.36. The lowest BCUT2D eigenvalue weighted by Gasteiger charge is -1.96. The van der Waals surface area contributed by atoms with Gasteiger partial charge in [0.1, 0.15) is 5.65 Å². The monoisotopic (exact) mass is 248 g/mol. The molecule has 0 aromatic carbocycles. The van der Waals surface area contributed by atoms with E-state index in [-0.39, 0.29) is 0 Å². The Balaban J connectivity index is 2.10. The van der Waals surface area contributed by atoms with Crippen molar-refractivity contribution in [3.63, 3.8) is 0 Å². The molecule has 0 saturated carbocycles. The minimum atomic E-state index is 0.920. The van der Waals surface area contributed by atoms with Crippen molar-refractivity contribution in [3.05, 3.63) is 49.2 Å². The van der Waals surface area contributed by atoms with Crippen LogP contribution in [-0.4, -0.2) is 19.5 Å². The van der Waals surface area contributed by atoms with E-state index >= 15 is 0 Å². The summed E-state index contributed by atoms with van der Waals surface area (Å²) in [5.74, 6) is 0. The number of nitrogens with zero attached hydrogens (tertiary/aromatic N) is 3. The highest BCUT2D eigenvalue weighted by atomic mass is 14.9. The third-order valence-electron chi connectivity index (χ3n) is 3.53. The molecule has 19 heavy (non-hydrogen) atoms. The van der Waals surface area contributed by atoms with Crippen LogP contribution in [0.3, 0.4) is 0 Å². The number of H-pyrrole nitrogens is 1. The number of hydrogen-bond acceptors (Lipinski definition) is 2. The second-order valence-corrected chi connectivity index (χ2v) is 4.65. The Bertz CT molecular complexity index is 885. The first kappa shape index (κ1) is 10.3. The van der Waals surface area contributed by atoms with Crippen LogP contribution in [0.2, 0.25) is 0 Å². The van der Waals surface area contributed by atoms with Gasteiger partial charge >= 0.3 is 0 Å². The molecule has 92 valence electrons. The average Bonchev–Trinajstić information content (AvgIpc) is 3.01. The quantitative estimate of drug-likeness (QED) is 0.562. The van der Waals surface area contributed by atoms with Gasteiger partial charge in [0.05, 0.1) is 11.7 Å². The molecule has 4 aromatic heterocycles. The molecule has 0 radical (unpaired) electrons. The van der Waals surface area contributed by atoms with Crippen molar-refractivity contribution >= 4 is 21.9 Å². The smallest absolute Gasteiger partial charge is 0.137 e. The standard InChI is InChI=1S/C15H12N4/c1-19-9-13(10-4-6-16-8-14(10)19)12-7-18-15-11(12)3-2-5-17-15/h2-9H,1H3,(H,17,18). The van der Waals surface area contributed by atoms with Crippen molar-refractivity contribution in [2.24, 2.45) is 7.05 Å². The first-order valence-corrected chi connectivity index (χ1v) is 6.16. The van der Waals surface area contributed by atoms with Crippen molar-refractivity contribution < 1.29 is 0 Å². The summed E-state index contributed by atoms with van der Waals surface area (Å²) in [4.78, 5) is 11.8. The lowest BCUT2D eigenvalue weighted by atomic mass is 10.1. The van der Waals surface area contributed by atoms with Crippen LogP contribution in [0, 0.1) is 0 Å². The topological polar surface area (TPSA) is 46.5 Å². The zero-order chi connectivity index (χ0) is 12.8. The van der Waals surface area contributed by atoms with Crippen LogP contribution in [0.1, 0.15) is 0 Å². The van der Waals surface area contributed by atoms with Crippen LogP contribution in [0.15, 0.2) is 49.2 Å². The molecule has 0 aliphatic carbocycles. The van der Waals surface area contributed by atoms with E-state index in [4.69, 9.17) is 0 Å². The number of nitrogens with one attached hydrogen (secondary N) is 1. The van der Waals surface area contributed by atoms with Crippen LogP contribution >= 0.6 is 0 Å². The van der Waals surface area contributed by atoms with Crippen molar-refractivity contribution in [2.45, 2.75) is 0 Å². The molecule has 0 fully saturated rings. The van der Waals surface area contributed by atoms with E-state index in [9.17, 15) is 0 Å². The Kier molecular flexibility index (Phi) is 2.00. The first-order valence-electron chi connectivity index (χ1n) is 6.16. The summed E-state index contributed by atoms with van der Waals surface area (Å²) in [6, 6.07) is 6.11. The summed E-state index contributed by atoms with van der Waals surface area (Å²) in [5.41, 5.74) is 4.44. The van der Waals surface area contributed by atoms with Crippen molar-refractivity contribution in [1.82, 2.24) is 19.5 Å². The fourth-order valence-electron chi connectivity index (χ4n) is 2.62. The number of rotatable bonds is 1. The molecule has 4 nitrogen and oxygen atoms in total. The van der Waals surface area contributed by atoms with Gasteiger partial charge in [-0.2, -0.15) is 0 Å². The normalized spacial score (nSPS) is 11.4. The molecular weight excluding hydrogens is 236 g/mol. The van der Waals surface area contributed by atoms with Gasteiger partial charge in [0.25, 0.3) is 0 Å². The zero-order valence-corrected chi connectivity index (χ0v) is 10.5. The summed E-state index contributed by atoms with van der Waals surface area (Å²) in [6.45, 7) is 0. The molecule has 0 bridgehead atoms. The van der Waals surface area contributed by atoms with E-state index in [0.717, 1.165) is 16.6 Å². The minimum absolute atomic E-state index is 0.920. The first-order chi connectivity index (χ1) is 9.34. The highest BCUT2D eigenvalue weighted by molar-refractivity contribution is 6.03. The second kappa shape index (κ2) is 3.68. The number of pyridine rings is 2. The van der Waals surface area contributed by atoms with Gasteiger partial charge in [0.2, 0.25) is 0 Å². The van der Waals surface area contributed by atoms with Crippen molar-refractivity contribution in [2.75, 3.05) is 0 Å². The second-order valence-electron chi connectivity index (χ2n) is 4.65. The van der Waals surface area contributed by atoms with Crippen LogP contribution in [0.4, 0.5) is 0 Å².